The highest BCUT2D eigenvalue weighted by Gasteiger charge is 2.18. The zero-order chi connectivity index (χ0) is 24.7. The maximum atomic E-state index is 13.0. The van der Waals surface area contributed by atoms with Gasteiger partial charge in [0.2, 0.25) is 11.6 Å². The number of hydrogen-bond acceptors (Lipinski definition) is 7. The van der Waals surface area contributed by atoms with Crippen molar-refractivity contribution in [3.8, 4) is 22.5 Å². The lowest BCUT2D eigenvalue weighted by atomic mass is 9.99. The number of H-pyrrole nitrogens is 1. The summed E-state index contributed by atoms with van der Waals surface area (Å²) in [4.78, 5) is 21.8. The number of hydrogen-bond donors (Lipinski definition) is 1. The highest BCUT2D eigenvalue weighted by molar-refractivity contribution is 6.06. The predicted octanol–water partition coefficient (Wildman–Crippen LogP) is 4.53. The van der Waals surface area contributed by atoms with Gasteiger partial charge in [0.05, 0.1) is 0 Å². The van der Waals surface area contributed by atoms with E-state index in [0.29, 0.717) is 17.8 Å². The molecule has 0 saturated carbocycles. The standard InChI is InChI=1S/C27H26N8O/c1-2-3-7-16-35-24(29-27(32-35)25(36)21-8-5-4-6-9-21)17-19-10-12-20(13-11-19)22-14-15-28-18-23(22)26-30-33-34-31-26/h4-6,8-15,18H,2-3,7,16-17H2,1H3,(H,30,31,33,34). The molecule has 0 atom stereocenters. The highest BCUT2D eigenvalue weighted by atomic mass is 16.1. The number of aromatic amines is 1. The first-order chi connectivity index (χ1) is 17.7. The number of carbonyl (C=O) groups excluding carboxylic acids is 1. The zero-order valence-corrected chi connectivity index (χ0v) is 20.0. The molecule has 0 saturated heterocycles. The number of nitrogens with zero attached hydrogens (tertiary/aromatic N) is 7. The van der Waals surface area contributed by atoms with Gasteiger partial charge in [-0.25, -0.2) is 14.8 Å². The summed E-state index contributed by atoms with van der Waals surface area (Å²) in [5.74, 6) is 1.44. The molecule has 3 heterocycles. The van der Waals surface area contributed by atoms with Crippen LogP contribution in [0.1, 0.15) is 53.8 Å². The summed E-state index contributed by atoms with van der Waals surface area (Å²) in [6.07, 6.45) is 7.28. The van der Waals surface area contributed by atoms with Crippen LogP contribution in [0.3, 0.4) is 0 Å². The summed E-state index contributed by atoms with van der Waals surface area (Å²) in [5, 5.41) is 18.8. The average Bonchev–Trinajstić information content (AvgIpc) is 3.60. The van der Waals surface area contributed by atoms with Gasteiger partial charge in [-0.2, -0.15) is 0 Å². The van der Waals surface area contributed by atoms with Crippen molar-refractivity contribution in [1.29, 1.82) is 0 Å². The van der Waals surface area contributed by atoms with Gasteiger partial charge in [0.15, 0.2) is 5.82 Å². The van der Waals surface area contributed by atoms with E-state index in [9.17, 15) is 4.79 Å². The van der Waals surface area contributed by atoms with E-state index in [1.54, 1.807) is 24.5 Å². The normalized spacial score (nSPS) is 11.0. The fourth-order valence-electron chi connectivity index (χ4n) is 4.10. The SMILES string of the molecule is CCCCCn1nc(C(=O)c2ccccc2)nc1Cc1ccc(-c2ccncc2-c2nnn[nH]2)cc1. The van der Waals surface area contributed by atoms with Crippen molar-refractivity contribution in [2.75, 3.05) is 0 Å². The van der Waals surface area contributed by atoms with E-state index in [2.05, 4.69) is 66.9 Å². The Kier molecular flexibility index (Phi) is 6.98. The monoisotopic (exact) mass is 478 g/mol. The van der Waals surface area contributed by atoms with E-state index in [-0.39, 0.29) is 11.6 Å². The molecule has 0 amide bonds. The third kappa shape index (κ3) is 5.10. The first-order valence-corrected chi connectivity index (χ1v) is 12.0. The van der Waals surface area contributed by atoms with Gasteiger partial charge in [-0.05, 0) is 39.6 Å². The molecule has 0 unspecified atom stereocenters. The van der Waals surface area contributed by atoms with E-state index in [1.807, 2.05) is 28.9 Å². The van der Waals surface area contributed by atoms with Crippen LogP contribution in [0.4, 0.5) is 0 Å². The van der Waals surface area contributed by atoms with Gasteiger partial charge in [-0.1, -0.05) is 74.4 Å². The lowest BCUT2D eigenvalue weighted by Crippen LogP contribution is -2.07. The second-order valence-corrected chi connectivity index (χ2v) is 8.52. The molecule has 3 aromatic heterocycles. The summed E-state index contributed by atoms with van der Waals surface area (Å²) < 4.78 is 1.89. The van der Waals surface area contributed by atoms with Crippen LogP contribution in [-0.4, -0.2) is 46.2 Å². The van der Waals surface area contributed by atoms with Gasteiger partial charge in [-0.15, -0.1) is 10.2 Å². The Balaban J connectivity index is 1.40. The number of rotatable bonds is 10. The largest absolute Gasteiger partial charge is 0.285 e. The number of carbonyl (C=O) groups is 1. The minimum absolute atomic E-state index is 0.159. The Hall–Kier alpha value is -4.53. The molecule has 0 radical (unpaired) electrons. The van der Waals surface area contributed by atoms with E-state index < -0.39 is 0 Å². The summed E-state index contributed by atoms with van der Waals surface area (Å²) in [6, 6.07) is 19.4. The Morgan fingerprint density at radius 1 is 0.972 bits per heavy atom. The molecule has 2 aromatic carbocycles. The molecule has 1 N–H and O–H groups in total. The van der Waals surface area contributed by atoms with Crippen LogP contribution in [-0.2, 0) is 13.0 Å². The molecule has 9 nitrogen and oxygen atoms in total. The molecule has 5 aromatic rings. The third-order valence-corrected chi connectivity index (χ3v) is 6.01. The van der Waals surface area contributed by atoms with Crippen molar-refractivity contribution in [3.05, 3.63) is 95.8 Å². The van der Waals surface area contributed by atoms with Gasteiger partial charge in [0.1, 0.15) is 5.82 Å². The minimum atomic E-state index is -0.159. The number of aryl methyl sites for hydroxylation is 1. The van der Waals surface area contributed by atoms with Crippen LogP contribution < -0.4 is 0 Å². The van der Waals surface area contributed by atoms with Gasteiger partial charge >= 0.3 is 0 Å². The van der Waals surface area contributed by atoms with Crippen LogP contribution >= 0.6 is 0 Å². The lowest BCUT2D eigenvalue weighted by Gasteiger charge is -2.09. The summed E-state index contributed by atoms with van der Waals surface area (Å²) in [7, 11) is 0. The first-order valence-electron chi connectivity index (χ1n) is 12.0. The second kappa shape index (κ2) is 10.8. The number of nitrogens with one attached hydrogen (secondary N) is 1. The summed E-state index contributed by atoms with van der Waals surface area (Å²) in [6.45, 7) is 2.91. The average molecular weight is 479 g/mol. The maximum Gasteiger partial charge on any atom is 0.232 e. The predicted molar refractivity (Wildman–Crippen MR) is 135 cm³/mol. The molecular formula is C27H26N8O. The summed E-state index contributed by atoms with van der Waals surface area (Å²) in [5.41, 5.74) is 4.51. The van der Waals surface area contributed by atoms with E-state index in [0.717, 1.165) is 53.9 Å². The number of ketones is 1. The van der Waals surface area contributed by atoms with E-state index in [4.69, 9.17) is 0 Å². The zero-order valence-electron chi connectivity index (χ0n) is 20.0. The molecule has 0 aliphatic carbocycles. The quantitative estimate of drug-likeness (QED) is 0.232. The molecule has 0 spiro atoms. The molecule has 5 rings (SSSR count). The van der Waals surface area contributed by atoms with E-state index in [1.165, 1.54) is 0 Å². The number of unbranched alkanes of at least 4 members (excludes halogenated alkanes) is 2. The van der Waals surface area contributed by atoms with Crippen LogP contribution in [0.2, 0.25) is 0 Å². The Morgan fingerprint density at radius 3 is 2.56 bits per heavy atom. The van der Waals surface area contributed by atoms with Crippen molar-refractivity contribution < 1.29 is 4.79 Å². The van der Waals surface area contributed by atoms with Crippen LogP contribution in [0, 0.1) is 0 Å². The van der Waals surface area contributed by atoms with Gasteiger partial charge in [-0.3, -0.25) is 9.78 Å². The van der Waals surface area contributed by atoms with Crippen LogP contribution in [0.25, 0.3) is 22.5 Å². The molecular weight excluding hydrogens is 452 g/mol. The molecule has 180 valence electrons. The third-order valence-electron chi connectivity index (χ3n) is 6.01. The molecule has 36 heavy (non-hydrogen) atoms. The molecule has 0 fully saturated rings. The van der Waals surface area contributed by atoms with Crippen molar-refractivity contribution >= 4 is 5.78 Å². The summed E-state index contributed by atoms with van der Waals surface area (Å²) >= 11 is 0. The molecule has 0 aliphatic heterocycles. The van der Waals surface area contributed by atoms with Crippen molar-refractivity contribution in [2.24, 2.45) is 0 Å². The number of tetrazole rings is 1. The number of pyridine rings is 1. The van der Waals surface area contributed by atoms with Crippen molar-refractivity contribution in [2.45, 2.75) is 39.2 Å². The van der Waals surface area contributed by atoms with Crippen LogP contribution in [0.15, 0.2) is 73.1 Å². The van der Waals surface area contributed by atoms with Crippen molar-refractivity contribution in [3.63, 3.8) is 0 Å². The Morgan fingerprint density at radius 2 is 1.81 bits per heavy atom. The fourth-order valence-corrected chi connectivity index (χ4v) is 4.10. The first kappa shape index (κ1) is 23.2. The fraction of sp³-hybridized carbons (Fsp3) is 0.222. The smallest absolute Gasteiger partial charge is 0.232 e. The molecule has 0 bridgehead atoms. The highest BCUT2D eigenvalue weighted by Crippen LogP contribution is 2.29. The molecule has 9 heteroatoms. The number of aromatic nitrogens is 8. The second-order valence-electron chi connectivity index (χ2n) is 8.52. The lowest BCUT2D eigenvalue weighted by molar-refractivity contribution is 0.102. The van der Waals surface area contributed by atoms with Gasteiger partial charge in [0, 0.05) is 36.5 Å². The van der Waals surface area contributed by atoms with Crippen LogP contribution in [0.5, 0.6) is 0 Å². The Bertz CT molecular complexity index is 1430. The van der Waals surface area contributed by atoms with E-state index >= 15 is 0 Å². The number of benzene rings is 2. The van der Waals surface area contributed by atoms with Gasteiger partial charge in [0.25, 0.3) is 0 Å². The Labute approximate surface area is 208 Å². The minimum Gasteiger partial charge on any atom is -0.285 e. The van der Waals surface area contributed by atoms with Crippen molar-refractivity contribution in [1.82, 2.24) is 40.4 Å². The topological polar surface area (TPSA) is 115 Å². The molecule has 0 aliphatic rings. The maximum absolute atomic E-state index is 13.0. The van der Waals surface area contributed by atoms with Gasteiger partial charge < -0.3 is 0 Å².